The highest BCUT2D eigenvalue weighted by Gasteiger charge is 2.11. The molecular formula is C16H12Cl2FNO4. The van der Waals surface area contributed by atoms with Gasteiger partial charge in [0.15, 0.2) is 13.2 Å². The van der Waals surface area contributed by atoms with Gasteiger partial charge in [-0.1, -0.05) is 23.2 Å². The molecule has 0 spiro atoms. The van der Waals surface area contributed by atoms with Crippen LogP contribution in [0.15, 0.2) is 42.5 Å². The van der Waals surface area contributed by atoms with Gasteiger partial charge in [0.1, 0.15) is 11.6 Å². The van der Waals surface area contributed by atoms with Gasteiger partial charge in [-0.05, 0) is 42.5 Å². The zero-order valence-electron chi connectivity index (χ0n) is 12.2. The predicted molar refractivity (Wildman–Crippen MR) is 87.9 cm³/mol. The molecule has 0 radical (unpaired) electrons. The standard InChI is InChI=1S/C16H12Cl2FNO4/c17-10-1-4-12(5-2-10)23-9-16(22)24-8-15(21)20-14-6-3-11(18)7-13(14)19/h1-7H,8-9H2,(H,20,21). The SMILES string of the molecule is O=C(COC(=O)COc1ccc(Cl)cc1)Nc1ccc(Cl)cc1F. The fourth-order valence-corrected chi connectivity index (χ4v) is 1.92. The van der Waals surface area contributed by atoms with Crippen molar-refractivity contribution in [2.45, 2.75) is 0 Å². The van der Waals surface area contributed by atoms with Gasteiger partial charge < -0.3 is 14.8 Å². The Morgan fingerprint density at radius 1 is 1.00 bits per heavy atom. The maximum absolute atomic E-state index is 13.5. The summed E-state index contributed by atoms with van der Waals surface area (Å²) < 4.78 is 23.4. The molecule has 0 aliphatic rings. The van der Waals surface area contributed by atoms with E-state index in [1.807, 2.05) is 0 Å². The number of carbonyl (C=O) groups is 2. The van der Waals surface area contributed by atoms with Gasteiger partial charge in [-0.25, -0.2) is 9.18 Å². The van der Waals surface area contributed by atoms with E-state index in [4.69, 9.17) is 32.7 Å². The normalized spacial score (nSPS) is 10.1. The first-order valence-corrected chi connectivity index (χ1v) is 7.48. The molecule has 2 aromatic carbocycles. The van der Waals surface area contributed by atoms with E-state index in [9.17, 15) is 14.0 Å². The van der Waals surface area contributed by atoms with Crippen LogP contribution in [0.4, 0.5) is 10.1 Å². The van der Waals surface area contributed by atoms with Gasteiger partial charge in [0.2, 0.25) is 0 Å². The van der Waals surface area contributed by atoms with Crippen molar-refractivity contribution >= 4 is 40.8 Å². The summed E-state index contributed by atoms with van der Waals surface area (Å²) in [5, 5.41) is 3.01. The van der Waals surface area contributed by atoms with E-state index in [1.165, 1.54) is 12.1 Å². The van der Waals surface area contributed by atoms with Crippen molar-refractivity contribution in [3.8, 4) is 5.75 Å². The number of hydrogen-bond acceptors (Lipinski definition) is 4. The second-order valence-electron chi connectivity index (χ2n) is 4.58. The number of nitrogens with one attached hydrogen (secondary N) is 1. The minimum atomic E-state index is -0.739. The van der Waals surface area contributed by atoms with Crippen LogP contribution in [-0.4, -0.2) is 25.1 Å². The molecule has 2 aromatic rings. The molecule has 0 unspecified atom stereocenters. The quantitative estimate of drug-likeness (QED) is 0.786. The Morgan fingerprint density at radius 3 is 2.33 bits per heavy atom. The maximum Gasteiger partial charge on any atom is 0.344 e. The molecule has 1 N–H and O–H groups in total. The lowest BCUT2D eigenvalue weighted by molar-refractivity contribution is -0.149. The first-order chi connectivity index (χ1) is 11.4. The zero-order chi connectivity index (χ0) is 17.5. The number of hydrogen-bond donors (Lipinski definition) is 1. The predicted octanol–water partition coefficient (Wildman–Crippen LogP) is 3.69. The average molecular weight is 372 g/mol. The van der Waals surface area contributed by atoms with Crippen LogP contribution in [0.3, 0.4) is 0 Å². The van der Waals surface area contributed by atoms with Crippen LogP contribution in [0.2, 0.25) is 10.0 Å². The molecular weight excluding hydrogens is 360 g/mol. The Kier molecular flexibility index (Phi) is 6.40. The molecule has 126 valence electrons. The molecule has 1 amide bonds. The van der Waals surface area contributed by atoms with Gasteiger partial charge in [0.05, 0.1) is 5.69 Å². The molecule has 8 heteroatoms. The van der Waals surface area contributed by atoms with Crippen molar-refractivity contribution < 1.29 is 23.5 Å². The molecule has 0 saturated heterocycles. The maximum atomic E-state index is 13.5. The molecule has 0 saturated carbocycles. The Labute approximate surface area is 147 Å². The highest BCUT2D eigenvalue weighted by atomic mass is 35.5. The topological polar surface area (TPSA) is 64.6 Å². The molecule has 0 aromatic heterocycles. The Morgan fingerprint density at radius 2 is 1.67 bits per heavy atom. The second-order valence-corrected chi connectivity index (χ2v) is 5.45. The minimum Gasteiger partial charge on any atom is -0.482 e. The number of esters is 1. The van der Waals surface area contributed by atoms with Crippen molar-refractivity contribution in [3.05, 3.63) is 58.3 Å². The Bertz CT molecular complexity index is 737. The summed E-state index contributed by atoms with van der Waals surface area (Å²) in [6.45, 7) is -0.935. The summed E-state index contributed by atoms with van der Waals surface area (Å²) in [6.07, 6.45) is 0. The van der Waals surface area contributed by atoms with E-state index in [2.05, 4.69) is 5.32 Å². The highest BCUT2D eigenvalue weighted by molar-refractivity contribution is 6.30. The van der Waals surface area contributed by atoms with Crippen molar-refractivity contribution in [2.75, 3.05) is 18.5 Å². The number of halogens is 3. The number of rotatable bonds is 6. The van der Waals surface area contributed by atoms with Crippen molar-refractivity contribution in [1.29, 1.82) is 0 Å². The van der Waals surface area contributed by atoms with Crippen LogP contribution in [0.5, 0.6) is 5.75 Å². The van der Waals surface area contributed by atoms with E-state index in [1.54, 1.807) is 24.3 Å². The lowest BCUT2D eigenvalue weighted by atomic mass is 10.3. The monoisotopic (exact) mass is 371 g/mol. The largest absolute Gasteiger partial charge is 0.482 e. The summed E-state index contributed by atoms with van der Waals surface area (Å²) in [5.41, 5.74) is -0.0575. The summed E-state index contributed by atoms with van der Waals surface area (Å²) >= 11 is 11.3. The fraction of sp³-hybridized carbons (Fsp3) is 0.125. The third-order valence-electron chi connectivity index (χ3n) is 2.74. The zero-order valence-corrected chi connectivity index (χ0v) is 13.7. The smallest absolute Gasteiger partial charge is 0.344 e. The van der Waals surface area contributed by atoms with E-state index >= 15 is 0 Å². The second kappa shape index (κ2) is 8.52. The van der Waals surface area contributed by atoms with E-state index in [0.29, 0.717) is 10.8 Å². The minimum absolute atomic E-state index is 0.0575. The molecule has 0 aliphatic heterocycles. The first kappa shape index (κ1) is 18.0. The number of amides is 1. The van der Waals surface area contributed by atoms with Gasteiger partial charge in [-0.15, -0.1) is 0 Å². The van der Waals surface area contributed by atoms with Crippen LogP contribution in [0.25, 0.3) is 0 Å². The van der Waals surface area contributed by atoms with Crippen LogP contribution in [0, 0.1) is 5.82 Å². The Balaban J connectivity index is 1.74. The highest BCUT2D eigenvalue weighted by Crippen LogP contribution is 2.18. The lowest BCUT2D eigenvalue weighted by Crippen LogP contribution is -2.24. The third-order valence-corrected chi connectivity index (χ3v) is 3.23. The van der Waals surface area contributed by atoms with Crippen LogP contribution in [0.1, 0.15) is 0 Å². The number of carbonyl (C=O) groups excluding carboxylic acids is 2. The van der Waals surface area contributed by atoms with Gasteiger partial charge in [0, 0.05) is 10.0 Å². The van der Waals surface area contributed by atoms with Gasteiger partial charge in [0.25, 0.3) is 5.91 Å². The molecule has 0 aliphatic carbocycles. The molecule has 0 fully saturated rings. The average Bonchev–Trinajstić information content (AvgIpc) is 2.55. The van der Waals surface area contributed by atoms with Gasteiger partial charge in [-0.2, -0.15) is 0 Å². The van der Waals surface area contributed by atoms with Crippen molar-refractivity contribution in [2.24, 2.45) is 0 Å². The fourth-order valence-electron chi connectivity index (χ4n) is 1.64. The number of anilines is 1. The summed E-state index contributed by atoms with van der Waals surface area (Å²) in [4.78, 5) is 23.1. The van der Waals surface area contributed by atoms with Crippen LogP contribution >= 0.6 is 23.2 Å². The molecule has 0 bridgehead atoms. The van der Waals surface area contributed by atoms with Crippen LogP contribution in [-0.2, 0) is 14.3 Å². The van der Waals surface area contributed by atoms with E-state index < -0.39 is 24.3 Å². The molecule has 24 heavy (non-hydrogen) atoms. The van der Waals surface area contributed by atoms with E-state index in [0.717, 1.165) is 6.07 Å². The number of benzene rings is 2. The molecule has 5 nitrogen and oxygen atoms in total. The lowest BCUT2D eigenvalue weighted by Gasteiger charge is -2.08. The van der Waals surface area contributed by atoms with E-state index in [-0.39, 0.29) is 17.3 Å². The molecule has 0 atom stereocenters. The third kappa shape index (κ3) is 5.72. The summed E-state index contributed by atoms with van der Waals surface area (Å²) in [6, 6.07) is 10.2. The number of ether oxygens (including phenoxy) is 2. The summed E-state index contributed by atoms with van der Waals surface area (Å²) in [5.74, 6) is -1.68. The van der Waals surface area contributed by atoms with Gasteiger partial charge >= 0.3 is 5.97 Å². The van der Waals surface area contributed by atoms with Gasteiger partial charge in [-0.3, -0.25) is 4.79 Å². The molecule has 2 rings (SSSR count). The Hall–Kier alpha value is -2.31. The van der Waals surface area contributed by atoms with Crippen molar-refractivity contribution in [1.82, 2.24) is 0 Å². The van der Waals surface area contributed by atoms with Crippen molar-refractivity contribution in [3.63, 3.8) is 0 Å². The first-order valence-electron chi connectivity index (χ1n) is 6.73. The summed E-state index contributed by atoms with van der Waals surface area (Å²) in [7, 11) is 0. The van der Waals surface area contributed by atoms with Crippen LogP contribution < -0.4 is 10.1 Å². The molecule has 0 heterocycles.